The topological polar surface area (TPSA) is 76.7 Å². The molecule has 2 N–H and O–H groups in total. The zero-order chi connectivity index (χ0) is 17.0. The van der Waals surface area contributed by atoms with Crippen LogP contribution in [-0.4, -0.2) is 36.9 Å². The molecule has 7 heteroatoms. The van der Waals surface area contributed by atoms with Gasteiger partial charge in [-0.1, -0.05) is 18.0 Å². The van der Waals surface area contributed by atoms with Crippen LogP contribution in [0, 0.1) is 0 Å². The van der Waals surface area contributed by atoms with Crippen LogP contribution in [0.1, 0.15) is 32.1 Å². The van der Waals surface area contributed by atoms with Gasteiger partial charge in [0.05, 0.1) is 6.61 Å². The van der Waals surface area contributed by atoms with Crippen molar-refractivity contribution in [2.24, 2.45) is 0 Å². The van der Waals surface area contributed by atoms with Gasteiger partial charge in [-0.05, 0) is 37.1 Å². The first kappa shape index (κ1) is 17.2. The number of hydrogen-bond acceptors (Lipinski definition) is 4. The van der Waals surface area contributed by atoms with Crippen molar-refractivity contribution in [1.82, 2.24) is 5.32 Å². The molecule has 6 nitrogen and oxygen atoms in total. The second-order valence-electron chi connectivity index (χ2n) is 6.19. The summed E-state index contributed by atoms with van der Waals surface area (Å²) >= 11 is 5.78. The van der Waals surface area contributed by atoms with E-state index >= 15 is 0 Å². The zero-order valence-electron chi connectivity index (χ0n) is 13.3. The number of nitrogens with one attached hydrogen (secondary N) is 2. The van der Waals surface area contributed by atoms with E-state index in [2.05, 4.69) is 10.6 Å². The van der Waals surface area contributed by atoms with Crippen LogP contribution in [0.3, 0.4) is 0 Å². The lowest BCUT2D eigenvalue weighted by Gasteiger charge is -2.31. The molecule has 0 bridgehead atoms. The molecule has 3 rings (SSSR count). The van der Waals surface area contributed by atoms with Gasteiger partial charge in [-0.3, -0.25) is 9.59 Å². The minimum Gasteiger partial charge on any atom is -0.347 e. The number of amides is 2. The molecule has 0 aromatic heterocycles. The molecule has 1 saturated carbocycles. The Morgan fingerprint density at radius 1 is 1.12 bits per heavy atom. The summed E-state index contributed by atoms with van der Waals surface area (Å²) in [6, 6.07) is 6.55. The lowest BCUT2D eigenvalue weighted by molar-refractivity contribution is -0.186. The highest BCUT2D eigenvalue weighted by Crippen LogP contribution is 2.37. The van der Waals surface area contributed by atoms with Crippen molar-refractivity contribution in [3.63, 3.8) is 0 Å². The van der Waals surface area contributed by atoms with Crippen molar-refractivity contribution >= 4 is 29.1 Å². The minimum atomic E-state index is -0.719. The molecule has 1 aromatic rings. The summed E-state index contributed by atoms with van der Waals surface area (Å²) in [5, 5.41) is 5.68. The van der Waals surface area contributed by atoms with E-state index in [4.69, 9.17) is 21.1 Å². The Kier molecular flexibility index (Phi) is 5.38. The van der Waals surface area contributed by atoms with Gasteiger partial charge in [-0.25, -0.2) is 0 Å². The van der Waals surface area contributed by atoms with Crippen LogP contribution in [-0.2, 0) is 19.1 Å². The Morgan fingerprint density at radius 3 is 2.54 bits per heavy atom. The van der Waals surface area contributed by atoms with Crippen LogP contribution < -0.4 is 10.6 Å². The van der Waals surface area contributed by atoms with E-state index in [1.165, 1.54) is 6.42 Å². The number of benzene rings is 1. The Labute approximate surface area is 145 Å². The molecule has 0 unspecified atom stereocenters. The molecule has 2 amide bonds. The summed E-state index contributed by atoms with van der Waals surface area (Å²) in [6.07, 6.45) is 4.99. The van der Waals surface area contributed by atoms with Crippen LogP contribution in [0.25, 0.3) is 0 Å². The van der Waals surface area contributed by atoms with Crippen LogP contribution in [0.4, 0.5) is 5.69 Å². The quantitative estimate of drug-likeness (QED) is 0.819. The molecular weight excluding hydrogens is 332 g/mol. The molecule has 1 aromatic carbocycles. The average Bonchev–Trinajstić information content (AvgIpc) is 2.98. The van der Waals surface area contributed by atoms with Crippen molar-refractivity contribution < 1.29 is 19.1 Å². The maximum absolute atomic E-state index is 11.9. The zero-order valence-corrected chi connectivity index (χ0v) is 14.1. The van der Waals surface area contributed by atoms with Gasteiger partial charge in [0.2, 0.25) is 0 Å². The summed E-state index contributed by atoms with van der Waals surface area (Å²) in [7, 11) is 0. The fourth-order valence-electron chi connectivity index (χ4n) is 3.08. The van der Waals surface area contributed by atoms with Crippen LogP contribution in [0.5, 0.6) is 0 Å². The minimum absolute atomic E-state index is 0.213. The van der Waals surface area contributed by atoms with Crippen molar-refractivity contribution in [3.8, 4) is 0 Å². The van der Waals surface area contributed by atoms with Crippen LogP contribution in [0.15, 0.2) is 24.3 Å². The van der Waals surface area contributed by atoms with E-state index in [0.29, 0.717) is 17.3 Å². The normalized spacial score (nSPS) is 22.3. The molecular formula is C17H21ClN2O4. The first-order valence-electron chi connectivity index (χ1n) is 8.23. The van der Waals surface area contributed by atoms with E-state index in [0.717, 1.165) is 25.7 Å². The third-order valence-corrected chi connectivity index (χ3v) is 4.58. The fourth-order valence-corrected chi connectivity index (χ4v) is 3.20. The van der Waals surface area contributed by atoms with Gasteiger partial charge in [0.25, 0.3) is 0 Å². The highest BCUT2D eigenvalue weighted by molar-refractivity contribution is 6.39. The average molecular weight is 353 g/mol. The van der Waals surface area contributed by atoms with Gasteiger partial charge in [0.1, 0.15) is 6.10 Å². The molecule has 24 heavy (non-hydrogen) atoms. The van der Waals surface area contributed by atoms with Crippen molar-refractivity contribution in [2.75, 3.05) is 18.5 Å². The monoisotopic (exact) mass is 352 g/mol. The summed E-state index contributed by atoms with van der Waals surface area (Å²) in [5.74, 6) is -1.89. The molecule has 1 saturated heterocycles. The standard InChI is InChI=1S/C17H21ClN2O4/c18-12-4-6-13(7-5-12)20-16(22)15(21)19-10-14-11-23-17(24-14)8-2-1-3-9-17/h4-7,14H,1-3,8-11H2,(H,19,21)(H,20,22)/t14-/m1/s1. The van der Waals surface area contributed by atoms with Crippen molar-refractivity contribution in [1.29, 1.82) is 0 Å². The predicted octanol–water partition coefficient (Wildman–Crippen LogP) is 2.47. The van der Waals surface area contributed by atoms with Crippen LogP contribution in [0.2, 0.25) is 5.02 Å². The molecule has 2 fully saturated rings. The van der Waals surface area contributed by atoms with E-state index in [9.17, 15) is 9.59 Å². The van der Waals surface area contributed by atoms with Gasteiger partial charge in [0, 0.05) is 30.1 Å². The fraction of sp³-hybridized carbons (Fsp3) is 0.529. The number of hydrogen-bond donors (Lipinski definition) is 2. The van der Waals surface area contributed by atoms with Gasteiger partial charge in [-0.2, -0.15) is 0 Å². The molecule has 1 aliphatic heterocycles. The molecule has 2 aliphatic rings. The van der Waals surface area contributed by atoms with Gasteiger partial charge in [-0.15, -0.1) is 0 Å². The molecule has 1 spiro atoms. The number of anilines is 1. The van der Waals surface area contributed by atoms with E-state index < -0.39 is 17.6 Å². The second-order valence-corrected chi connectivity index (χ2v) is 6.63. The maximum Gasteiger partial charge on any atom is 0.313 e. The first-order valence-corrected chi connectivity index (χ1v) is 8.61. The summed E-state index contributed by atoms with van der Waals surface area (Å²) < 4.78 is 11.8. The summed E-state index contributed by atoms with van der Waals surface area (Å²) in [5.41, 5.74) is 0.515. The maximum atomic E-state index is 11.9. The highest BCUT2D eigenvalue weighted by Gasteiger charge is 2.42. The predicted molar refractivity (Wildman–Crippen MR) is 89.7 cm³/mol. The number of carbonyl (C=O) groups is 2. The molecule has 1 atom stereocenters. The van der Waals surface area contributed by atoms with Gasteiger partial charge in [0.15, 0.2) is 5.79 Å². The molecule has 0 radical (unpaired) electrons. The summed E-state index contributed by atoms with van der Waals surface area (Å²) in [6.45, 7) is 0.702. The van der Waals surface area contributed by atoms with Gasteiger partial charge < -0.3 is 20.1 Å². The first-order chi connectivity index (χ1) is 11.6. The summed E-state index contributed by atoms with van der Waals surface area (Å²) in [4.78, 5) is 23.8. The Bertz CT molecular complexity index is 599. The lowest BCUT2D eigenvalue weighted by atomic mass is 9.94. The third-order valence-electron chi connectivity index (χ3n) is 4.33. The second kappa shape index (κ2) is 7.51. The number of ether oxygens (including phenoxy) is 2. The Balaban J connectivity index is 1.43. The molecule has 130 valence electrons. The Morgan fingerprint density at radius 2 is 1.83 bits per heavy atom. The third kappa shape index (κ3) is 4.26. The Hall–Kier alpha value is -1.63. The number of carbonyl (C=O) groups excluding carboxylic acids is 2. The molecule has 1 aliphatic carbocycles. The van der Waals surface area contributed by atoms with E-state index in [-0.39, 0.29) is 12.6 Å². The van der Waals surface area contributed by atoms with Gasteiger partial charge >= 0.3 is 11.8 Å². The number of halogens is 1. The van der Waals surface area contributed by atoms with Crippen molar-refractivity contribution in [2.45, 2.75) is 44.0 Å². The van der Waals surface area contributed by atoms with Crippen molar-refractivity contribution in [3.05, 3.63) is 29.3 Å². The largest absolute Gasteiger partial charge is 0.347 e. The highest BCUT2D eigenvalue weighted by atomic mass is 35.5. The van der Waals surface area contributed by atoms with E-state index in [1.807, 2.05) is 0 Å². The molecule has 1 heterocycles. The lowest BCUT2D eigenvalue weighted by Crippen LogP contribution is -2.41. The SMILES string of the molecule is O=C(NC[C@@H]1COC2(CCCCC2)O1)C(=O)Nc1ccc(Cl)cc1. The number of rotatable bonds is 3. The smallest absolute Gasteiger partial charge is 0.313 e. The van der Waals surface area contributed by atoms with Crippen LogP contribution >= 0.6 is 11.6 Å². The van der Waals surface area contributed by atoms with E-state index in [1.54, 1.807) is 24.3 Å².